The minimum atomic E-state index is -1.03. The number of rotatable bonds is 30. The first kappa shape index (κ1) is 42.5. The van der Waals surface area contributed by atoms with Crippen LogP contribution in [-0.2, 0) is 19.1 Å². The summed E-state index contributed by atoms with van der Waals surface area (Å²) in [6.07, 6.45) is 24.8. The van der Waals surface area contributed by atoms with Crippen molar-refractivity contribution in [1.82, 2.24) is 0 Å². The second kappa shape index (κ2) is 28.5. The molecule has 270 valence electrons. The lowest BCUT2D eigenvalue weighted by atomic mass is 9.88. The van der Waals surface area contributed by atoms with Crippen LogP contribution >= 0.6 is 0 Å². The molecule has 8 nitrogen and oxygen atoms in total. The molecule has 1 fully saturated rings. The van der Waals surface area contributed by atoms with Crippen molar-refractivity contribution in [3.63, 3.8) is 0 Å². The van der Waals surface area contributed by atoms with Gasteiger partial charge in [0, 0.05) is 25.2 Å². The van der Waals surface area contributed by atoms with Crippen molar-refractivity contribution >= 4 is 11.9 Å². The Hall–Kier alpha value is -1.48. The van der Waals surface area contributed by atoms with Gasteiger partial charge in [0.1, 0.15) is 19.3 Å². The SMILES string of the molecule is CCCCCCCCCCCCCCC(=O)OC[C@H](O)COC(=O)CCCCCC[C@@H]1[C@@H](/C=C/[C@@H](O)CCCCC)[C@H](O)C[C@@H]1O. The van der Waals surface area contributed by atoms with Crippen LogP contribution in [0, 0.1) is 11.8 Å². The average molecular weight is 655 g/mol. The third kappa shape index (κ3) is 22.2. The zero-order valence-electron chi connectivity index (χ0n) is 29.4. The molecule has 0 aromatic carbocycles. The third-order valence-electron chi connectivity index (χ3n) is 9.35. The quantitative estimate of drug-likeness (QED) is 0.0352. The Labute approximate surface area is 280 Å². The van der Waals surface area contributed by atoms with Gasteiger partial charge in [-0.05, 0) is 31.6 Å². The van der Waals surface area contributed by atoms with E-state index in [-0.39, 0.29) is 43.4 Å². The Morgan fingerprint density at radius 1 is 0.652 bits per heavy atom. The van der Waals surface area contributed by atoms with Crippen LogP contribution in [0.15, 0.2) is 12.2 Å². The van der Waals surface area contributed by atoms with Crippen molar-refractivity contribution in [1.29, 1.82) is 0 Å². The largest absolute Gasteiger partial charge is 0.463 e. The Kier molecular flexibility index (Phi) is 26.4. The second-order valence-electron chi connectivity index (χ2n) is 13.7. The van der Waals surface area contributed by atoms with E-state index in [1.54, 1.807) is 6.08 Å². The maximum atomic E-state index is 12.1. The van der Waals surface area contributed by atoms with Crippen molar-refractivity contribution in [2.24, 2.45) is 11.8 Å². The summed E-state index contributed by atoms with van der Waals surface area (Å²) in [5, 5.41) is 41.1. The van der Waals surface area contributed by atoms with Gasteiger partial charge in [-0.2, -0.15) is 0 Å². The molecule has 1 aliphatic carbocycles. The minimum Gasteiger partial charge on any atom is -0.463 e. The minimum absolute atomic E-state index is 0.0285. The lowest BCUT2D eigenvalue weighted by Gasteiger charge is -2.21. The van der Waals surface area contributed by atoms with E-state index in [1.165, 1.54) is 57.8 Å². The van der Waals surface area contributed by atoms with E-state index in [0.717, 1.165) is 70.6 Å². The molecule has 0 heterocycles. The molecule has 46 heavy (non-hydrogen) atoms. The molecule has 6 atom stereocenters. The molecular formula is C38H70O8. The molecule has 1 rings (SSSR count). The molecule has 0 aliphatic heterocycles. The van der Waals surface area contributed by atoms with Crippen molar-refractivity contribution in [3.8, 4) is 0 Å². The van der Waals surface area contributed by atoms with Gasteiger partial charge in [0.15, 0.2) is 0 Å². The Balaban J connectivity index is 2.04. The highest BCUT2D eigenvalue weighted by molar-refractivity contribution is 5.69. The number of aliphatic hydroxyl groups excluding tert-OH is 4. The van der Waals surface area contributed by atoms with Crippen molar-refractivity contribution in [2.75, 3.05) is 13.2 Å². The monoisotopic (exact) mass is 655 g/mol. The van der Waals surface area contributed by atoms with Gasteiger partial charge in [0.05, 0.1) is 18.3 Å². The number of carbonyl (C=O) groups is 2. The van der Waals surface area contributed by atoms with Gasteiger partial charge in [0.2, 0.25) is 0 Å². The number of esters is 2. The van der Waals surface area contributed by atoms with E-state index in [1.807, 2.05) is 6.08 Å². The number of hydrogen-bond donors (Lipinski definition) is 4. The van der Waals surface area contributed by atoms with E-state index >= 15 is 0 Å². The maximum Gasteiger partial charge on any atom is 0.305 e. The van der Waals surface area contributed by atoms with Gasteiger partial charge in [0.25, 0.3) is 0 Å². The molecule has 0 bridgehead atoms. The third-order valence-corrected chi connectivity index (χ3v) is 9.35. The van der Waals surface area contributed by atoms with Crippen molar-refractivity contribution in [3.05, 3.63) is 12.2 Å². The number of ether oxygens (including phenoxy) is 2. The summed E-state index contributed by atoms with van der Waals surface area (Å²) in [4.78, 5) is 24.0. The van der Waals surface area contributed by atoms with Gasteiger partial charge in [-0.25, -0.2) is 0 Å². The van der Waals surface area contributed by atoms with E-state index in [2.05, 4.69) is 13.8 Å². The normalized spacial score (nSPS) is 21.1. The van der Waals surface area contributed by atoms with E-state index < -0.39 is 24.4 Å². The van der Waals surface area contributed by atoms with Crippen LogP contribution in [0.3, 0.4) is 0 Å². The predicted octanol–water partition coefficient (Wildman–Crippen LogP) is 7.72. The van der Waals surface area contributed by atoms with Crippen LogP contribution in [0.5, 0.6) is 0 Å². The van der Waals surface area contributed by atoms with Crippen molar-refractivity contribution in [2.45, 2.75) is 192 Å². The maximum absolute atomic E-state index is 12.1. The van der Waals surface area contributed by atoms with Gasteiger partial charge in [-0.3, -0.25) is 9.59 Å². The van der Waals surface area contributed by atoms with Crippen LogP contribution in [0.1, 0.15) is 168 Å². The summed E-state index contributed by atoms with van der Waals surface area (Å²) >= 11 is 0. The predicted molar refractivity (Wildman–Crippen MR) is 184 cm³/mol. The molecule has 0 aromatic rings. The number of aliphatic hydroxyl groups is 4. The molecule has 4 N–H and O–H groups in total. The fraction of sp³-hybridized carbons (Fsp3) is 0.895. The number of hydrogen-bond acceptors (Lipinski definition) is 8. The van der Waals surface area contributed by atoms with E-state index in [4.69, 9.17) is 9.47 Å². The van der Waals surface area contributed by atoms with Gasteiger partial charge in [-0.1, -0.05) is 135 Å². The van der Waals surface area contributed by atoms with Crippen LogP contribution in [0.25, 0.3) is 0 Å². The fourth-order valence-electron chi connectivity index (χ4n) is 6.42. The zero-order valence-corrected chi connectivity index (χ0v) is 29.4. The lowest BCUT2D eigenvalue weighted by Crippen LogP contribution is -2.25. The molecular weight excluding hydrogens is 584 g/mol. The first-order valence-corrected chi connectivity index (χ1v) is 19.0. The Morgan fingerprint density at radius 3 is 1.63 bits per heavy atom. The molecule has 8 heteroatoms. The molecule has 0 saturated heterocycles. The number of unbranched alkanes of at least 4 members (excludes halogenated alkanes) is 16. The summed E-state index contributed by atoms with van der Waals surface area (Å²) in [7, 11) is 0. The van der Waals surface area contributed by atoms with E-state index in [9.17, 15) is 30.0 Å². The van der Waals surface area contributed by atoms with Crippen molar-refractivity contribution < 1.29 is 39.5 Å². The Morgan fingerprint density at radius 2 is 1.11 bits per heavy atom. The van der Waals surface area contributed by atoms with Gasteiger partial charge in [-0.15, -0.1) is 0 Å². The highest BCUT2D eigenvalue weighted by atomic mass is 16.6. The molecule has 0 aromatic heterocycles. The summed E-state index contributed by atoms with van der Waals surface area (Å²) in [5.41, 5.74) is 0. The highest BCUT2D eigenvalue weighted by Crippen LogP contribution is 2.37. The van der Waals surface area contributed by atoms with Crippen LogP contribution in [0.4, 0.5) is 0 Å². The molecule has 0 radical (unpaired) electrons. The first-order valence-electron chi connectivity index (χ1n) is 19.0. The summed E-state index contributed by atoms with van der Waals surface area (Å²) in [6, 6.07) is 0. The van der Waals surface area contributed by atoms with Crippen LogP contribution in [0.2, 0.25) is 0 Å². The molecule has 0 unspecified atom stereocenters. The molecule has 0 spiro atoms. The summed E-state index contributed by atoms with van der Waals surface area (Å²) < 4.78 is 10.3. The van der Waals surface area contributed by atoms with E-state index in [0.29, 0.717) is 19.3 Å². The second-order valence-corrected chi connectivity index (χ2v) is 13.7. The molecule has 1 aliphatic rings. The lowest BCUT2D eigenvalue weighted by molar-refractivity contribution is -0.152. The fourth-order valence-corrected chi connectivity index (χ4v) is 6.42. The molecule has 1 saturated carbocycles. The van der Waals surface area contributed by atoms with Gasteiger partial charge >= 0.3 is 11.9 Å². The summed E-state index contributed by atoms with van der Waals surface area (Å²) in [5.74, 6) is -0.872. The van der Waals surface area contributed by atoms with Gasteiger partial charge < -0.3 is 29.9 Å². The molecule has 0 amide bonds. The van der Waals surface area contributed by atoms with Crippen LogP contribution < -0.4 is 0 Å². The summed E-state index contributed by atoms with van der Waals surface area (Å²) in [6.45, 7) is 4.02. The average Bonchev–Trinajstić information content (AvgIpc) is 3.31. The standard InChI is InChI=1S/C38H70O8/c1-3-5-7-8-9-10-11-12-13-14-15-20-24-37(43)45-29-32(40)30-46-38(44)25-21-17-16-19-23-33-34(36(42)28-35(33)41)27-26-31(39)22-18-6-4-2/h26-27,31-36,39-42H,3-25,28-30H2,1-2H3/b27-26+/t31-,32-,33+,34+,35-,36+/m0/s1. The Bertz CT molecular complexity index is 772. The topological polar surface area (TPSA) is 134 Å². The van der Waals surface area contributed by atoms with Crippen LogP contribution in [-0.4, -0.2) is 70.0 Å². The first-order chi connectivity index (χ1) is 22.3. The zero-order chi connectivity index (χ0) is 33.8. The smallest absolute Gasteiger partial charge is 0.305 e. The highest BCUT2D eigenvalue weighted by Gasteiger charge is 2.39. The number of carbonyl (C=O) groups excluding carboxylic acids is 2.